The van der Waals surface area contributed by atoms with Crippen LogP contribution in [0.1, 0.15) is 67.9 Å². The molecule has 2 rings (SSSR count). The van der Waals surface area contributed by atoms with Crippen molar-refractivity contribution in [3.05, 3.63) is 65.2 Å². The standard InChI is InChI=1S/C22H28O2/c1-5-6-7-16-22(3,4)19-12-14-20(15-13-19)24-21(23)18-10-8-17(2)9-11-18/h8-15H,5-7,16H2,1-4H3. The highest BCUT2D eigenvalue weighted by molar-refractivity contribution is 5.91. The molecule has 0 spiro atoms. The molecule has 0 aromatic heterocycles. The molecule has 0 aliphatic heterocycles. The lowest BCUT2D eigenvalue weighted by Crippen LogP contribution is -2.17. The van der Waals surface area contributed by atoms with Gasteiger partial charge in [0.1, 0.15) is 5.75 Å². The van der Waals surface area contributed by atoms with Gasteiger partial charge in [0.15, 0.2) is 0 Å². The average Bonchev–Trinajstić information content (AvgIpc) is 2.56. The first-order valence-corrected chi connectivity index (χ1v) is 8.82. The minimum absolute atomic E-state index is 0.147. The summed E-state index contributed by atoms with van der Waals surface area (Å²) in [6, 6.07) is 15.3. The highest BCUT2D eigenvalue weighted by atomic mass is 16.5. The number of hydrogen-bond donors (Lipinski definition) is 0. The highest BCUT2D eigenvalue weighted by Gasteiger charge is 2.20. The van der Waals surface area contributed by atoms with Gasteiger partial charge < -0.3 is 4.74 Å². The molecule has 24 heavy (non-hydrogen) atoms. The Labute approximate surface area is 145 Å². The lowest BCUT2D eigenvalue weighted by Gasteiger charge is -2.25. The fourth-order valence-corrected chi connectivity index (χ4v) is 2.79. The van der Waals surface area contributed by atoms with Gasteiger partial charge in [0.05, 0.1) is 5.56 Å². The number of benzene rings is 2. The molecule has 0 saturated carbocycles. The maximum absolute atomic E-state index is 12.2. The molecule has 0 atom stereocenters. The maximum atomic E-state index is 12.2. The number of carbonyl (C=O) groups is 1. The van der Waals surface area contributed by atoms with Gasteiger partial charge in [0.2, 0.25) is 0 Å². The van der Waals surface area contributed by atoms with Crippen molar-refractivity contribution in [1.82, 2.24) is 0 Å². The van der Waals surface area contributed by atoms with E-state index >= 15 is 0 Å². The summed E-state index contributed by atoms with van der Waals surface area (Å²) in [6.45, 7) is 8.77. The minimum Gasteiger partial charge on any atom is -0.423 e. The fraction of sp³-hybridized carbons (Fsp3) is 0.409. The van der Waals surface area contributed by atoms with Crippen LogP contribution in [-0.4, -0.2) is 5.97 Å². The van der Waals surface area contributed by atoms with Crippen LogP contribution in [0, 0.1) is 6.92 Å². The van der Waals surface area contributed by atoms with Gasteiger partial charge in [-0.15, -0.1) is 0 Å². The smallest absolute Gasteiger partial charge is 0.343 e. The summed E-state index contributed by atoms with van der Waals surface area (Å²) in [6.07, 6.45) is 4.93. The van der Waals surface area contributed by atoms with Gasteiger partial charge in [-0.3, -0.25) is 0 Å². The Hall–Kier alpha value is -2.09. The van der Waals surface area contributed by atoms with Crippen molar-refractivity contribution in [2.24, 2.45) is 0 Å². The fourth-order valence-electron chi connectivity index (χ4n) is 2.79. The molecule has 0 amide bonds. The highest BCUT2D eigenvalue weighted by Crippen LogP contribution is 2.30. The van der Waals surface area contributed by atoms with Crippen LogP contribution >= 0.6 is 0 Å². The Morgan fingerprint density at radius 2 is 1.58 bits per heavy atom. The molecule has 0 radical (unpaired) electrons. The van der Waals surface area contributed by atoms with Gasteiger partial charge in [0.25, 0.3) is 0 Å². The molecule has 0 unspecified atom stereocenters. The molecule has 0 fully saturated rings. The first kappa shape index (κ1) is 18.3. The van der Waals surface area contributed by atoms with Crippen molar-refractivity contribution in [1.29, 1.82) is 0 Å². The lowest BCUT2D eigenvalue weighted by molar-refractivity contribution is 0.0734. The topological polar surface area (TPSA) is 26.3 Å². The lowest BCUT2D eigenvalue weighted by atomic mass is 9.80. The second-order valence-electron chi connectivity index (χ2n) is 7.12. The predicted molar refractivity (Wildman–Crippen MR) is 99.7 cm³/mol. The van der Waals surface area contributed by atoms with Gasteiger partial charge in [-0.2, -0.15) is 0 Å². The second kappa shape index (κ2) is 8.14. The quantitative estimate of drug-likeness (QED) is 0.351. The van der Waals surface area contributed by atoms with E-state index < -0.39 is 0 Å². The van der Waals surface area contributed by atoms with Crippen molar-refractivity contribution >= 4 is 5.97 Å². The molecule has 0 aliphatic carbocycles. The Morgan fingerprint density at radius 3 is 2.17 bits per heavy atom. The number of carbonyl (C=O) groups excluding carboxylic acids is 1. The van der Waals surface area contributed by atoms with E-state index in [-0.39, 0.29) is 11.4 Å². The summed E-state index contributed by atoms with van der Waals surface area (Å²) in [5.74, 6) is 0.277. The van der Waals surface area contributed by atoms with Crippen LogP contribution in [0.2, 0.25) is 0 Å². The summed E-state index contributed by atoms with van der Waals surface area (Å²) < 4.78 is 5.47. The van der Waals surface area contributed by atoms with Crippen LogP contribution in [0.25, 0.3) is 0 Å². The van der Waals surface area contributed by atoms with Gasteiger partial charge in [0, 0.05) is 0 Å². The van der Waals surface area contributed by atoms with E-state index in [1.165, 1.54) is 31.2 Å². The molecule has 2 nitrogen and oxygen atoms in total. The zero-order valence-electron chi connectivity index (χ0n) is 15.3. The molecule has 0 heterocycles. The molecular weight excluding hydrogens is 296 g/mol. The molecular formula is C22H28O2. The van der Waals surface area contributed by atoms with Crippen molar-refractivity contribution in [3.8, 4) is 5.75 Å². The molecule has 2 aromatic rings. The normalized spacial score (nSPS) is 11.3. The zero-order chi connectivity index (χ0) is 17.6. The monoisotopic (exact) mass is 324 g/mol. The van der Waals surface area contributed by atoms with Crippen molar-refractivity contribution < 1.29 is 9.53 Å². The van der Waals surface area contributed by atoms with Crippen molar-refractivity contribution in [2.45, 2.75) is 58.8 Å². The first-order chi connectivity index (χ1) is 11.4. The Bertz CT molecular complexity index is 651. The summed E-state index contributed by atoms with van der Waals surface area (Å²) in [4.78, 5) is 12.2. The van der Waals surface area contributed by atoms with E-state index in [9.17, 15) is 4.79 Å². The number of hydrogen-bond acceptors (Lipinski definition) is 2. The third-order valence-electron chi connectivity index (χ3n) is 4.54. The van der Waals surface area contributed by atoms with Crippen molar-refractivity contribution in [3.63, 3.8) is 0 Å². The number of ether oxygens (including phenoxy) is 1. The van der Waals surface area contributed by atoms with Crippen LogP contribution in [0.4, 0.5) is 0 Å². The molecule has 0 aliphatic rings. The van der Waals surface area contributed by atoms with Crippen LogP contribution < -0.4 is 4.74 Å². The third-order valence-corrected chi connectivity index (χ3v) is 4.54. The van der Waals surface area contributed by atoms with E-state index in [1.807, 2.05) is 31.2 Å². The molecule has 0 saturated heterocycles. The molecule has 2 aromatic carbocycles. The van der Waals surface area contributed by atoms with Crippen molar-refractivity contribution in [2.75, 3.05) is 0 Å². The van der Waals surface area contributed by atoms with E-state index in [0.29, 0.717) is 11.3 Å². The third kappa shape index (κ3) is 4.95. The van der Waals surface area contributed by atoms with Gasteiger partial charge in [-0.05, 0) is 48.6 Å². The predicted octanol–water partition coefficient (Wildman–Crippen LogP) is 6.07. The van der Waals surface area contributed by atoms with Crippen LogP contribution in [-0.2, 0) is 5.41 Å². The van der Waals surface area contributed by atoms with E-state index in [1.54, 1.807) is 12.1 Å². The molecule has 0 N–H and O–H groups in total. The summed E-state index contributed by atoms with van der Waals surface area (Å²) >= 11 is 0. The van der Waals surface area contributed by atoms with E-state index in [4.69, 9.17) is 4.74 Å². The van der Waals surface area contributed by atoms with Crippen LogP contribution in [0.5, 0.6) is 5.75 Å². The number of rotatable bonds is 7. The number of aryl methyl sites for hydroxylation is 1. The summed E-state index contributed by atoms with van der Waals surface area (Å²) in [7, 11) is 0. The Kier molecular flexibility index (Phi) is 6.19. The SMILES string of the molecule is CCCCCC(C)(C)c1ccc(OC(=O)c2ccc(C)cc2)cc1. The van der Waals surface area contributed by atoms with E-state index in [0.717, 1.165) is 5.56 Å². The minimum atomic E-state index is -0.315. The summed E-state index contributed by atoms with van der Waals surface area (Å²) in [5.41, 5.74) is 3.13. The van der Waals surface area contributed by atoms with Crippen LogP contribution in [0.15, 0.2) is 48.5 Å². The largest absolute Gasteiger partial charge is 0.423 e. The Morgan fingerprint density at radius 1 is 0.958 bits per heavy atom. The molecule has 128 valence electrons. The van der Waals surface area contributed by atoms with Gasteiger partial charge in [-0.25, -0.2) is 4.79 Å². The summed E-state index contributed by atoms with van der Waals surface area (Å²) in [5, 5.41) is 0. The van der Waals surface area contributed by atoms with E-state index in [2.05, 4.69) is 32.9 Å². The Balaban J connectivity index is 2.01. The number of unbranched alkanes of at least 4 members (excludes halogenated alkanes) is 2. The molecule has 0 bridgehead atoms. The zero-order valence-corrected chi connectivity index (χ0v) is 15.3. The second-order valence-corrected chi connectivity index (χ2v) is 7.12. The van der Waals surface area contributed by atoms with Gasteiger partial charge in [-0.1, -0.05) is 69.9 Å². The van der Waals surface area contributed by atoms with Crippen LogP contribution in [0.3, 0.4) is 0 Å². The maximum Gasteiger partial charge on any atom is 0.343 e. The van der Waals surface area contributed by atoms with Gasteiger partial charge >= 0.3 is 5.97 Å². The number of esters is 1. The average molecular weight is 324 g/mol. The molecule has 2 heteroatoms. The first-order valence-electron chi connectivity index (χ1n) is 8.82.